The van der Waals surface area contributed by atoms with Gasteiger partial charge in [-0.3, -0.25) is 19.7 Å². The molecule has 2 aromatic carbocycles. The number of nitro groups is 1. The molecule has 0 fully saturated rings. The van der Waals surface area contributed by atoms with E-state index in [0.29, 0.717) is 5.69 Å². The standard InChI is InChI=1S/C17H14ClN3O4/c1-2-9-19-16(22)13-5-3-4-6-15(13)20-17(23)12-8-7-11(21(24)25)10-14(12)18/h2-8,10H,1,9H2,(H,19,22)(H,20,23). The second-order valence-corrected chi connectivity index (χ2v) is 5.33. The monoisotopic (exact) mass is 359 g/mol. The number of non-ortho nitro benzene ring substituents is 1. The number of amides is 2. The molecule has 128 valence electrons. The summed E-state index contributed by atoms with van der Waals surface area (Å²) in [5.41, 5.74) is 0.415. The van der Waals surface area contributed by atoms with E-state index in [0.717, 1.165) is 6.07 Å². The van der Waals surface area contributed by atoms with Crippen molar-refractivity contribution in [2.45, 2.75) is 0 Å². The number of carbonyl (C=O) groups is 2. The third-order valence-corrected chi connectivity index (χ3v) is 3.55. The second kappa shape index (κ2) is 8.07. The topological polar surface area (TPSA) is 101 Å². The molecule has 0 unspecified atom stereocenters. The van der Waals surface area contributed by atoms with Crippen molar-refractivity contribution >= 4 is 34.8 Å². The van der Waals surface area contributed by atoms with Gasteiger partial charge in [0.15, 0.2) is 0 Å². The molecule has 0 aliphatic heterocycles. The van der Waals surface area contributed by atoms with Gasteiger partial charge in [-0.25, -0.2) is 0 Å². The first-order valence-corrected chi connectivity index (χ1v) is 7.55. The summed E-state index contributed by atoms with van der Waals surface area (Å²) in [6.07, 6.45) is 1.54. The van der Waals surface area contributed by atoms with Crippen molar-refractivity contribution in [1.29, 1.82) is 0 Å². The van der Waals surface area contributed by atoms with E-state index in [1.165, 1.54) is 18.2 Å². The minimum absolute atomic E-state index is 0.0553. The fourth-order valence-electron chi connectivity index (χ4n) is 2.04. The van der Waals surface area contributed by atoms with E-state index in [-0.39, 0.29) is 34.3 Å². The van der Waals surface area contributed by atoms with E-state index in [2.05, 4.69) is 17.2 Å². The number of para-hydroxylation sites is 1. The van der Waals surface area contributed by atoms with Gasteiger partial charge in [0.1, 0.15) is 0 Å². The lowest BCUT2D eigenvalue weighted by molar-refractivity contribution is -0.384. The summed E-state index contributed by atoms with van der Waals surface area (Å²) in [5, 5.41) is 15.9. The van der Waals surface area contributed by atoms with Crippen molar-refractivity contribution in [2.24, 2.45) is 0 Å². The third kappa shape index (κ3) is 4.42. The minimum atomic E-state index is -0.604. The average Bonchev–Trinajstić information content (AvgIpc) is 2.59. The van der Waals surface area contributed by atoms with Crippen molar-refractivity contribution in [3.8, 4) is 0 Å². The number of hydrogen-bond acceptors (Lipinski definition) is 4. The van der Waals surface area contributed by atoms with Crippen molar-refractivity contribution in [3.63, 3.8) is 0 Å². The molecule has 0 atom stereocenters. The van der Waals surface area contributed by atoms with Gasteiger partial charge < -0.3 is 10.6 Å². The van der Waals surface area contributed by atoms with E-state index in [9.17, 15) is 19.7 Å². The maximum Gasteiger partial charge on any atom is 0.270 e. The van der Waals surface area contributed by atoms with E-state index in [1.54, 1.807) is 24.3 Å². The lowest BCUT2D eigenvalue weighted by Gasteiger charge is -2.11. The maximum absolute atomic E-state index is 12.4. The van der Waals surface area contributed by atoms with Gasteiger partial charge in [0.25, 0.3) is 17.5 Å². The zero-order valence-electron chi connectivity index (χ0n) is 13.0. The Kier molecular flexibility index (Phi) is 5.86. The molecule has 2 rings (SSSR count). The summed E-state index contributed by atoms with van der Waals surface area (Å²) in [6.45, 7) is 3.81. The molecule has 0 spiro atoms. The fourth-order valence-corrected chi connectivity index (χ4v) is 2.30. The molecular formula is C17H14ClN3O4. The van der Waals surface area contributed by atoms with Crippen LogP contribution in [0.4, 0.5) is 11.4 Å². The zero-order valence-corrected chi connectivity index (χ0v) is 13.7. The molecule has 0 heterocycles. The smallest absolute Gasteiger partial charge is 0.270 e. The molecule has 0 saturated heterocycles. The van der Waals surface area contributed by atoms with Gasteiger partial charge in [0.05, 0.1) is 26.8 Å². The third-order valence-electron chi connectivity index (χ3n) is 3.23. The molecule has 0 aliphatic carbocycles. The Hall–Kier alpha value is -3.19. The Morgan fingerprint density at radius 1 is 1.16 bits per heavy atom. The molecule has 0 aromatic heterocycles. The highest BCUT2D eigenvalue weighted by Gasteiger charge is 2.17. The van der Waals surface area contributed by atoms with Crippen LogP contribution in [0, 0.1) is 10.1 Å². The Morgan fingerprint density at radius 3 is 2.52 bits per heavy atom. The van der Waals surface area contributed by atoms with Crippen LogP contribution in [0.15, 0.2) is 55.1 Å². The molecule has 0 saturated carbocycles. The van der Waals surface area contributed by atoms with E-state index < -0.39 is 10.8 Å². The van der Waals surface area contributed by atoms with Crippen LogP contribution in [-0.2, 0) is 0 Å². The number of carbonyl (C=O) groups excluding carboxylic acids is 2. The van der Waals surface area contributed by atoms with Gasteiger partial charge in [-0.1, -0.05) is 29.8 Å². The number of nitrogens with zero attached hydrogens (tertiary/aromatic N) is 1. The van der Waals surface area contributed by atoms with Gasteiger partial charge in [0.2, 0.25) is 0 Å². The van der Waals surface area contributed by atoms with Gasteiger partial charge in [-0.05, 0) is 18.2 Å². The first-order chi connectivity index (χ1) is 11.9. The molecule has 25 heavy (non-hydrogen) atoms. The SMILES string of the molecule is C=CCNC(=O)c1ccccc1NC(=O)c1ccc([N+](=O)[O-])cc1Cl. The summed E-state index contributed by atoms with van der Waals surface area (Å²) >= 11 is 5.95. The van der Waals surface area contributed by atoms with Crippen LogP contribution in [0.5, 0.6) is 0 Å². The summed E-state index contributed by atoms with van der Waals surface area (Å²) in [7, 11) is 0. The molecule has 0 bridgehead atoms. The highest BCUT2D eigenvalue weighted by Crippen LogP contribution is 2.24. The van der Waals surface area contributed by atoms with Gasteiger partial charge in [-0.2, -0.15) is 0 Å². The molecule has 2 aromatic rings. The quantitative estimate of drug-likeness (QED) is 0.468. The first kappa shape index (κ1) is 18.2. The number of rotatable bonds is 6. The zero-order chi connectivity index (χ0) is 18.4. The Labute approximate surface area is 148 Å². The number of hydrogen-bond donors (Lipinski definition) is 2. The van der Waals surface area contributed by atoms with Crippen LogP contribution in [-0.4, -0.2) is 23.3 Å². The fraction of sp³-hybridized carbons (Fsp3) is 0.0588. The van der Waals surface area contributed by atoms with Crippen LogP contribution in [0.2, 0.25) is 5.02 Å². The maximum atomic E-state index is 12.4. The van der Waals surface area contributed by atoms with Crippen molar-refractivity contribution < 1.29 is 14.5 Å². The number of anilines is 1. The Balaban J connectivity index is 2.25. The summed E-state index contributed by atoms with van der Waals surface area (Å²) in [5.74, 6) is -0.950. The highest BCUT2D eigenvalue weighted by molar-refractivity contribution is 6.34. The normalized spacial score (nSPS) is 9.96. The summed E-state index contributed by atoms with van der Waals surface area (Å²) in [4.78, 5) is 34.6. The van der Waals surface area contributed by atoms with E-state index >= 15 is 0 Å². The molecule has 7 nitrogen and oxygen atoms in total. The number of benzene rings is 2. The first-order valence-electron chi connectivity index (χ1n) is 7.17. The lowest BCUT2D eigenvalue weighted by Crippen LogP contribution is -2.25. The lowest BCUT2D eigenvalue weighted by atomic mass is 10.1. The van der Waals surface area contributed by atoms with E-state index in [1.807, 2.05) is 0 Å². The number of halogens is 1. The van der Waals surface area contributed by atoms with Gasteiger partial charge >= 0.3 is 0 Å². The Bertz CT molecular complexity index is 852. The van der Waals surface area contributed by atoms with Crippen LogP contribution < -0.4 is 10.6 Å². The molecular weight excluding hydrogens is 346 g/mol. The van der Waals surface area contributed by atoms with Gasteiger partial charge in [-0.15, -0.1) is 6.58 Å². The minimum Gasteiger partial charge on any atom is -0.349 e. The molecule has 2 N–H and O–H groups in total. The predicted molar refractivity (Wildman–Crippen MR) is 95.0 cm³/mol. The molecule has 0 aliphatic rings. The molecule has 0 radical (unpaired) electrons. The Morgan fingerprint density at radius 2 is 1.88 bits per heavy atom. The van der Waals surface area contributed by atoms with Gasteiger partial charge in [0, 0.05) is 18.7 Å². The van der Waals surface area contributed by atoms with Crippen molar-refractivity contribution in [3.05, 3.63) is 81.4 Å². The van der Waals surface area contributed by atoms with Crippen LogP contribution in [0.3, 0.4) is 0 Å². The number of nitro benzene ring substituents is 1. The van der Waals surface area contributed by atoms with Crippen LogP contribution in [0.25, 0.3) is 0 Å². The highest BCUT2D eigenvalue weighted by atomic mass is 35.5. The number of nitrogens with one attached hydrogen (secondary N) is 2. The predicted octanol–water partition coefficient (Wildman–Crippen LogP) is 3.42. The van der Waals surface area contributed by atoms with Crippen molar-refractivity contribution in [2.75, 3.05) is 11.9 Å². The van der Waals surface area contributed by atoms with Crippen LogP contribution in [0.1, 0.15) is 20.7 Å². The molecule has 8 heteroatoms. The van der Waals surface area contributed by atoms with Crippen molar-refractivity contribution in [1.82, 2.24) is 5.32 Å². The van der Waals surface area contributed by atoms with E-state index in [4.69, 9.17) is 11.6 Å². The second-order valence-electron chi connectivity index (χ2n) is 4.92. The summed E-state index contributed by atoms with van der Waals surface area (Å²) < 4.78 is 0. The van der Waals surface area contributed by atoms with Crippen LogP contribution >= 0.6 is 11.6 Å². The average molecular weight is 360 g/mol. The largest absolute Gasteiger partial charge is 0.349 e. The summed E-state index contributed by atoms with van der Waals surface area (Å²) in [6, 6.07) is 10.00. The molecule has 2 amide bonds.